The van der Waals surface area contributed by atoms with Crippen molar-refractivity contribution in [2.75, 3.05) is 0 Å². The van der Waals surface area contributed by atoms with E-state index in [1.54, 1.807) is 0 Å². The highest BCUT2D eigenvalue weighted by Crippen LogP contribution is 2.48. The Morgan fingerprint density at radius 1 is 1.07 bits per heavy atom. The molecule has 15 heavy (non-hydrogen) atoms. The van der Waals surface area contributed by atoms with Crippen LogP contribution in [0.25, 0.3) is 0 Å². The van der Waals surface area contributed by atoms with Crippen molar-refractivity contribution in [2.45, 2.75) is 50.0 Å². The van der Waals surface area contributed by atoms with Crippen molar-refractivity contribution in [3.8, 4) is 0 Å². The average molecular weight is 202 g/mol. The van der Waals surface area contributed by atoms with Gasteiger partial charge in [0, 0.05) is 5.92 Å². The van der Waals surface area contributed by atoms with Gasteiger partial charge in [-0.05, 0) is 30.4 Å². The van der Waals surface area contributed by atoms with Crippen LogP contribution in [0.1, 0.15) is 49.1 Å². The standard InChI is InChI=1S/C14H18O/c15-14(8-4-1-5-9-14)13-10-11-6-2-3-7-12(11)13/h2-3,6-7,13,15H,1,4-5,8-10H2. The predicted molar refractivity (Wildman–Crippen MR) is 60.9 cm³/mol. The molecule has 0 aliphatic heterocycles. The quantitative estimate of drug-likeness (QED) is 0.742. The van der Waals surface area contributed by atoms with E-state index in [1.165, 1.54) is 30.4 Å². The van der Waals surface area contributed by atoms with E-state index >= 15 is 0 Å². The summed E-state index contributed by atoms with van der Waals surface area (Å²) in [6.07, 6.45) is 6.81. The maximum Gasteiger partial charge on any atom is 0.0719 e. The number of rotatable bonds is 1. The second-order valence-electron chi connectivity index (χ2n) is 5.12. The second kappa shape index (κ2) is 3.34. The highest BCUT2D eigenvalue weighted by atomic mass is 16.3. The summed E-state index contributed by atoms with van der Waals surface area (Å²) in [5.74, 6) is 0.425. The second-order valence-corrected chi connectivity index (χ2v) is 5.12. The van der Waals surface area contributed by atoms with Gasteiger partial charge in [0.1, 0.15) is 0 Å². The Morgan fingerprint density at radius 3 is 2.53 bits per heavy atom. The fourth-order valence-corrected chi connectivity index (χ4v) is 3.25. The highest BCUT2D eigenvalue weighted by Gasteiger charge is 2.43. The van der Waals surface area contributed by atoms with Crippen LogP contribution in [0.3, 0.4) is 0 Å². The van der Waals surface area contributed by atoms with Gasteiger partial charge in [0.25, 0.3) is 0 Å². The molecule has 80 valence electrons. The van der Waals surface area contributed by atoms with Crippen LogP contribution >= 0.6 is 0 Å². The topological polar surface area (TPSA) is 20.2 Å². The van der Waals surface area contributed by atoms with E-state index in [0.717, 1.165) is 19.3 Å². The molecule has 1 nitrogen and oxygen atoms in total. The molecule has 0 spiro atoms. The Balaban J connectivity index is 1.86. The van der Waals surface area contributed by atoms with Gasteiger partial charge in [0.05, 0.1) is 5.60 Å². The monoisotopic (exact) mass is 202 g/mol. The van der Waals surface area contributed by atoms with E-state index in [2.05, 4.69) is 24.3 Å². The number of aliphatic hydroxyl groups is 1. The van der Waals surface area contributed by atoms with Gasteiger partial charge in [0.2, 0.25) is 0 Å². The zero-order valence-electron chi connectivity index (χ0n) is 9.08. The van der Waals surface area contributed by atoms with Gasteiger partial charge in [-0.3, -0.25) is 0 Å². The first-order valence-corrected chi connectivity index (χ1v) is 6.10. The van der Waals surface area contributed by atoms with E-state index in [9.17, 15) is 5.11 Å². The van der Waals surface area contributed by atoms with Crippen molar-refractivity contribution in [2.24, 2.45) is 0 Å². The number of benzene rings is 1. The van der Waals surface area contributed by atoms with E-state index in [-0.39, 0.29) is 5.60 Å². The number of hydrogen-bond donors (Lipinski definition) is 1. The number of hydrogen-bond acceptors (Lipinski definition) is 1. The van der Waals surface area contributed by atoms with Crippen molar-refractivity contribution in [3.05, 3.63) is 35.4 Å². The molecule has 1 atom stereocenters. The third-order valence-corrected chi connectivity index (χ3v) is 4.22. The van der Waals surface area contributed by atoms with Crippen LogP contribution in [0, 0.1) is 0 Å². The summed E-state index contributed by atoms with van der Waals surface area (Å²) in [6.45, 7) is 0. The molecular weight excluding hydrogens is 184 g/mol. The first-order valence-electron chi connectivity index (χ1n) is 6.10. The van der Waals surface area contributed by atoms with Gasteiger partial charge in [0.15, 0.2) is 0 Å². The van der Waals surface area contributed by atoms with Gasteiger partial charge < -0.3 is 5.11 Å². The minimum absolute atomic E-state index is 0.382. The zero-order chi connectivity index (χ0) is 10.3. The minimum Gasteiger partial charge on any atom is -0.389 e. The van der Waals surface area contributed by atoms with Crippen LogP contribution in [-0.4, -0.2) is 10.7 Å². The van der Waals surface area contributed by atoms with Crippen LogP contribution in [0.4, 0.5) is 0 Å². The van der Waals surface area contributed by atoms with E-state index in [4.69, 9.17) is 0 Å². The van der Waals surface area contributed by atoms with Gasteiger partial charge in [-0.1, -0.05) is 43.5 Å². The SMILES string of the molecule is OC1(C2Cc3ccccc32)CCCCC1. The Morgan fingerprint density at radius 2 is 1.80 bits per heavy atom. The summed E-state index contributed by atoms with van der Waals surface area (Å²) in [7, 11) is 0. The molecule has 1 fully saturated rings. The lowest BCUT2D eigenvalue weighted by atomic mass is 9.63. The average Bonchev–Trinajstić information content (AvgIpc) is 2.21. The molecule has 0 heterocycles. The maximum atomic E-state index is 10.6. The molecule has 1 aromatic rings. The third-order valence-electron chi connectivity index (χ3n) is 4.22. The maximum absolute atomic E-state index is 10.6. The summed E-state index contributed by atoms with van der Waals surface area (Å²) in [5, 5.41) is 10.6. The third kappa shape index (κ3) is 1.41. The van der Waals surface area contributed by atoms with E-state index in [0.29, 0.717) is 5.92 Å². The summed E-state index contributed by atoms with van der Waals surface area (Å²) >= 11 is 0. The fraction of sp³-hybridized carbons (Fsp3) is 0.571. The summed E-state index contributed by atoms with van der Waals surface area (Å²) in [5.41, 5.74) is 2.47. The molecule has 1 N–H and O–H groups in total. The van der Waals surface area contributed by atoms with Crippen molar-refractivity contribution < 1.29 is 5.11 Å². The van der Waals surface area contributed by atoms with E-state index < -0.39 is 0 Å². The smallest absolute Gasteiger partial charge is 0.0719 e. The lowest BCUT2D eigenvalue weighted by Crippen LogP contribution is -2.43. The molecule has 0 saturated heterocycles. The molecular formula is C14H18O. The fourth-order valence-electron chi connectivity index (χ4n) is 3.25. The molecule has 0 amide bonds. The Kier molecular flexibility index (Phi) is 2.10. The van der Waals surface area contributed by atoms with Gasteiger partial charge in [-0.2, -0.15) is 0 Å². The van der Waals surface area contributed by atoms with Crippen molar-refractivity contribution in [1.82, 2.24) is 0 Å². The van der Waals surface area contributed by atoms with Crippen LogP contribution in [0.15, 0.2) is 24.3 Å². The molecule has 1 aromatic carbocycles. The molecule has 0 bridgehead atoms. The first-order chi connectivity index (χ1) is 7.30. The summed E-state index contributed by atoms with van der Waals surface area (Å²) in [6, 6.07) is 8.57. The molecule has 0 radical (unpaired) electrons. The van der Waals surface area contributed by atoms with E-state index in [1.807, 2.05) is 0 Å². The first kappa shape index (κ1) is 9.41. The largest absolute Gasteiger partial charge is 0.389 e. The lowest BCUT2D eigenvalue weighted by Gasteiger charge is -2.45. The molecule has 1 unspecified atom stereocenters. The molecule has 1 heteroatoms. The van der Waals surface area contributed by atoms with Crippen LogP contribution in [0.5, 0.6) is 0 Å². The predicted octanol–water partition coefficient (Wildman–Crippen LogP) is 3.02. The highest BCUT2D eigenvalue weighted by molar-refractivity contribution is 5.42. The Bertz CT molecular complexity index is 363. The van der Waals surface area contributed by atoms with Crippen molar-refractivity contribution in [1.29, 1.82) is 0 Å². The van der Waals surface area contributed by atoms with Crippen molar-refractivity contribution in [3.63, 3.8) is 0 Å². The lowest BCUT2D eigenvalue weighted by molar-refractivity contribution is -0.0282. The van der Waals surface area contributed by atoms with Crippen LogP contribution in [0.2, 0.25) is 0 Å². The zero-order valence-corrected chi connectivity index (χ0v) is 9.08. The molecule has 2 aliphatic carbocycles. The number of fused-ring (bicyclic) bond motifs is 1. The minimum atomic E-state index is -0.382. The van der Waals surface area contributed by atoms with Gasteiger partial charge in [-0.15, -0.1) is 0 Å². The van der Waals surface area contributed by atoms with Crippen molar-refractivity contribution >= 4 is 0 Å². The molecule has 3 rings (SSSR count). The van der Waals surface area contributed by atoms with Crippen LogP contribution in [-0.2, 0) is 6.42 Å². The van der Waals surface area contributed by atoms with Gasteiger partial charge >= 0.3 is 0 Å². The van der Waals surface area contributed by atoms with Gasteiger partial charge in [-0.25, -0.2) is 0 Å². The summed E-state index contributed by atoms with van der Waals surface area (Å²) < 4.78 is 0. The normalized spacial score (nSPS) is 27.9. The molecule has 1 saturated carbocycles. The Hall–Kier alpha value is -0.820. The summed E-state index contributed by atoms with van der Waals surface area (Å²) in [4.78, 5) is 0. The molecule has 0 aromatic heterocycles. The van der Waals surface area contributed by atoms with Crippen LogP contribution < -0.4 is 0 Å². The Labute approximate surface area is 91.1 Å². The molecule has 2 aliphatic rings.